The third-order valence-corrected chi connectivity index (χ3v) is 2.36. The first-order chi connectivity index (χ1) is 7.06. The van der Waals surface area contributed by atoms with Crippen LogP contribution in [0.15, 0.2) is 12.1 Å². The maximum atomic E-state index is 11.0. The molecule has 82 valence electrons. The van der Waals surface area contributed by atoms with Gasteiger partial charge in [0.15, 0.2) is 0 Å². The molecule has 0 unspecified atom stereocenters. The monoisotopic (exact) mass is 226 g/mol. The molecule has 0 saturated carbocycles. The number of hydrogen-bond donors (Lipinski definition) is 0. The Balaban J connectivity index is 3.04. The normalized spacial score (nSPS) is 10.1. The lowest BCUT2D eigenvalue weighted by Crippen LogP contribution is -2.01. The average Bonchev–Trinajstić information content (AvgIpc) is 2.16. The molecule has 0 radical (unpaired) electrons. The van der Waals surface area contributed by atoms with Crippen LogP contribution in [0.25, 0.3) is 0 Å². The number of hydrogen-bond acceptors (Lipinski definition) is 2. The van der Waals surface area contributed by atoms with Gasteiger partial charge in [-0.3, -0.25) is 4.79 Å². The van der Waals surface area contributed by atoms with Crippen molar-refractivity contribution < 1.29 is 9.53 Å². The Bertz CT molecular complexity index is 349. The number of rotatable bonds is 4. The summed E-state index contributed by atoms with van der Waals surface area (Å²) in [6.45, 7) is 6.58. The van der Waals surface area contributed by atoms with Gasteiger partial charge in [0.25, 0.3) is 5.24 Å². The van der Waals surface area contributed by atoms with E-state index in [1.165, 1.54) is 0 Å². The summed E-state index contributed by atoms with van der Waals surface area (Å²) in [6, 6.07) is 3.51. The molecular formula is C12H15ClO2. The van der Waals surface area contributed by atoms with Gasteiger partial charge in [0.05, 0.1) is 6.61 Å². The van der Waals surface area contributed by atoms with Crippen LogP contribution >= 0.6 is 11.6 Å². The van der Waals surface area contributed by atoms with Crippen molar-refractivity contribution in [2.24, 2.45) is 0 Å². The quantitative estimate of drug-likeness (QED) is 0.735. The average molecular weight is 227 g/mol. The molecule has 1 aromatic carbocycles. The van der Waals surface area contributed by atoms with Crippen molar-refractivity contribution in [2.45, 2.75) is 27.2 Å². The van der Waals surface area contributed by atoms with Crippen LogP contribution in [-0.2, 0) is 0 Å². The summed E-state index contributed by atoms with van der Waals surface area (Å²) >= 11 is 5.42. The molecule has 2 nitrogen and oxygen atoms in total. The molecule has 0 spiro atoms. The van der Waals surface area contributed by atoms with Crippen molar-refractivity contribution in [3.63, 3.8) is 0 Å². The highest BCUT2D eigenvalue weighted by atomic mass is 35.5. The van der Waals surface area contributed by atoms with E-state index in [4.69, 9.17) is 16.3 Å². The van der Waals surface area contributed by atoms with Crippen LogP contribution in [0.1, 0.15) is 34.8 Å². The first-order valence-electron chi connectivity index (χ1n) is 5.00. The molecule has 0 aliphatic heterocycles. The summed E-state index contributed by atoms with van der Waals surface area (Å²) in [7, 11) is 0. The van der Waals surface area contributed by atoms with Crippen LogP contribution in [0, 0.1) is 13.8 Å². The number of carbonyl (C=O) groups is 1. The van der Waals surface area contributed by atoms with Crippen molar-refractivity contribution in [3.05, 3.63) is 28.8 Å². The molecule has 0 aromatic heterocycles. The van der Waals surface area contributed by atoms with Gasteiger partial charge in [-0.2, -0.15) is 0 Å². The Kier molecular flexibility index (Phi) is 4.15. The Labute approximate surface area is 95.2 Å². The zero-order chi connectivity index (χ0) is 11.4. The Morgan fingerprint density at radius 3 is 2.27 bits per heavy atom. The van der Waals surface area contributed by atoms with Crippen LogP contribution in [0.2, 0.25) is 0 Å². The van der Waals surface area contributed by atoms with E-state index in [0.717, 1.165) is 23.3 Å². The third kappa shape index (κ3) is 2.96. The van der Waals surface area contributed by atoms with Crippen LogP contribution in [0.3, 0.4) is 0 Å². The molecule has 0 bridgehead atoms. The molecule has 0 aliphatic carbocycles. The predicted molar refractivity (Wildman–Crippen MR) is 61.9 cm³/mol. The molecule has 1 aromatic rings. The molecule has 1 rings (SSSR count). The maximum absolute atomic E-state index is 11.0. The molecule has 0 amide bonds. The minimum absolute atomic E-state index is 0.428. The summed E-state index contributed by atoms with van der Waals surface area (Å²) in [4.78, 5) is 11.0. The third-order valence-electron chi connectivity index (χ3n) is 2.14. The Hall–Kier alpha value is -1.02. The van der Waals surface area contributed by atoms with Crippen molar-refractivity contribution in [3.8, 4) is 5.75 Å². The van der Waals surface area contributed by atoms with E-state index >= 15 is 0 Å². The minimum Gasteiger partial charge on any atom is -0.493 e. The van der Waals surface area contributed by atoms with Crippen LogP contribution in [-0.4, -0.2) is 11.8 Å². The van der Waals surface area contributed by atoms with E-state index in [2.05, 4.69) is 6.92 Å². The number of aryl methyl sites for hydroxylation is 2. The number of benzene rings is 1. The number of carbonyl (C=O) groups excluding carboxylic acids is 1. The van der Waals surface area contributed by atoms with Crippen molar-refractivity contribution in [2.75, 3.05) is 6.61 Å². The zero-order valence-corrected chi connectivity index (χ0v) is 10.0. The predicted octanol–water partition coefficient (Wildman–Crippen LogP) is 3.47. The smallest absolute Gasteiger partial charge is 0.252 e. The van der Waals surface area contributed by atoms with Crippen molar-refractivity contribution in [1.82, 2.24) is 0 Å². The highest BCUT2D eigenvalue weighted by molar-refractivity contribution is 6.67. The first kappa shape index (κ1) is 12.1. The largest absolute Gasteiger partial charge is 0.493 e. The van der Waals surface area contributed by atoms with E-state index < -0.39 is 5.24 Å². The molecule has 0 aliphatic rings. The molecule has 3 heteroatoms. The molecule has 0 saturated heterocycles. The lowest BCUT2D eigenvalue weighted by molar-refractivity contribution is 0.108. The van der Waals surface area contributed by atoms with E-state index in [-0.39, 0.29) is 0 Å². The van der Waals surface area contributed by atoms with E-state index in [9.17, 15) is 4.79 Å². The fourth-order valence-electron chi connectivity index (χ4n) is 1.50. The van der Waals surface area contributed by atoms with Gasteiger partial charge in [-0.25, -0.2) is 0 Å². The maximum Gasteiger partial charge on any atom is 0.252 e. The van der Waals surface area contributed by atoms with Gasteiger partial charge in [-0.1, -0.05) is 6.92 Å². The fourth-order valence-corrected chi connectivity index (χ4v) is 1.60. The van der Waals surface area contributed by atoms with Crippen LogP contribution < -0.4 is 4.74 Å². The topological polar surface area (TPSA) is 26.3 Å². The first-order valence-corrected chi connectivity index (χ1v) is 5.38. The fraction of sp³-hybridized carbons (Fsp3) is 0.417. The molecule has 0 N–H and O–H groups in total. The van der Waals surface area contributed by atoms with Crippen molar-refractivity contribution in [1.29, 1.82) is 0 Å². The lowest BCUT2D eigenvalue weighted by Gasteiger charge is -2.12. The summed E-state index contributed by atoms with van der Waals surface area (Å²) in [5.41, 5.74) is 2.43. The highest BCUT2D eigenvalue weighted by Crippen LogP contribution is 2.25. The van der Waals surface area contributed by atoms with Gasteiger partial charge in [0, 0.05) is 5.56 Å². The molecule has 0 heterocycles. The van der Waals surface area contributed by atoms with Gasteiger partial charge in [-0.15, -0.1) is 0 Å². The summed E-state index contributed by atoms with van der Waals surface area (Å²) in [5.74, 6) is 0.860. The van der Waals surface area contributed by atoms with Gasteiger partial charge >= 0.3 is 0 Å². The van der Waals surface area contributed by atoms with Crippen molar-refractivity contribution >= 4 is 16.8 Å². The second kappa shape index (κ2) is 5.17. The standard InChI is InChI=1S/C12H15ClO2/c1-4-5-15-11-8(2)6-10(12(13)14)7-9(11)3/h6-7H,4-5H2,1-3H3. The minimum atomic E-state index is -0.428. The lowest BCUT2D eigenvalue weighted by atomic mass is 10.1. The van der Waals surface area contributed by atoms with Gasteiger partial charge in [-0.05, 0) is 55.1 Å². The summed E-state index contributed by atoms with van der Waals surface area (Å²) in [5, 5.41) is -0.428. The Morgan fingerprint density at radius 2 is 1.87 bits per heavy atom. The molecular weight excluding hydrogens is 212 g/mol. The molecule has 0 fully saturated rings. The SMILES string of the molecule is CCCOc1c(C)cc(C(=O)Cl)cc1C. The second-order valence-electron chi connectivity index (χ2n) is 3.56. The van der Waals surface area contributed by atoms with Crippen LogP contribution in [0.5, 0.6) is 5.75 Å². The second-order valence-corrected chi connectivity index (χ2v) is 3.90. The highest BCUT2D eigenvalue weighted by Gasteiger charge is 2.09. The van der Waals surface area contributed by atoms with Crippen LogP contribution in [0.4, 0.5) is 0 Å². The summed E-state index contributed by atoms with van der Waals surface area (Å²) in [6.07, 6.45) is 0.967. The van der Waals surface area contributed by atoms with E-state index in [1.807, 2.05) is 13.8 Å². The van der Waals surface area contributed by atoms with Gasteiger partial charge < -0.3 is 4.74 Å². The van der Waals surface area contributed by atoms with Gasteiger partial charge in [0.2, 0.25) is 0 Å². The van der Waals surface area contributed by atoms with Gasteiger partial charge in [0.1, 0.15) is 5.75 Å². The molecule has 0 atom stereocenters. The summed E-state index contributed by atoms with van der Waals surface area (Å²) < 4.78 is 5.60. The number of halogens is 1. The number of ether oxygens (including phenoxy) is 1. The zero-order valence-electron chi connectivity index (χ0n) is 9.26. The van der Waals surface area contributed by atoms with E-state index in [1.54, 1.807) is 12.1 Å². The van der Waals surface area contributed by atoms with E-state index in [0.29, 0.717) is 12.2 Å². The molecule has 15 heavy (non-hydrogen) atoms. The Morgan fingerprint density at radius 1 is 1.33 bits per heavy atom.